The largest absolute Gasteiger partial charge is 0.246 e. The highest BCUT2D eigenvalue weighted by Gasteiger charge is 2.17. The van der Waals surface area contributed by atoms with E-state index in [2.05, 4.69) is 31.1 Å². The topological polar surface area (TPSA) is 12.9 Å². The Bertz CT molecular complexity index is 259. The molecule has 1 rings (SSSR count). The van der Waals surface area contributed by atoms with Gasteiger partial charge in [0.05, 0.1) is 10.7 Å². The lowest BCUT2D eigenvalue weighted by Crippen LogP contribution is -2.07. The summed E-state index contributed by atoms with van der Waals surface area (Å²) in [6.45, 7) is 6.39. The molecule has 0 N–H and O–H groups in total. The fourth-order valence-corrected chi connectivity index (χ4v) is 2.42. The third kappa shape index (κ3) is 2.68. The van der Waals surface area contributed by atoms with E-state index in [1.54, 1.807) is 11.3 Å². The van der Waals surface area contributed by atoms with Gasteiger partial charge in [-0.1, -0.05) is 20.8 Å². The summed E-state index contributed by atoms with van der Waals surface area (Å²) in [6, 6.07) is 0. The molecule has 3 heteroatoms. The van der Waals surface area contributed by atoms with Crippen molar-refractivity contribution in [3.05, 3.63) is 16.1 Å². The predicted molar refractivity (Wildman–Crippen MR) is 59.8 cm³/mol. The fraction of sp³-hybridized carbons (Fsp3) is 0.700. The van der Waals surface area contributed by atoms with Crippen LogP contribution in [-0.4, -0.2) is 10.4 Å². The van der Waals surface area contributed by atoms with Crippen molar-refractivity contribution in [1.29, 1.82) is 0 Å². The predicted octanol–water partition coefficient (Wildman–Crippen LogP) is 3.83. The van der Waals surface area contributed by atoms with Gasteiger partial charge in [-0.25, -0.2) is 4.98 Å². The molecule has 1 aromatic rings. The summed E-state index contributed by atoms with van der Waals surface area (Å²) in [5.74, 6) is 0.386. The molecule has 1 aromatic heterocycles. The Morgan fingerprint density at radius 1 is 1.54 bits per heavy atom. The smallest absolute Gasteiger partial charge is 0.0971 e. The highest BCUT2D eigenvalue weighted by Crippen LogP contribution is 2.27. The monoisotopic (exact) mass is 217 g/mol. The van der Waals surface area contributed by atoms with Crippen molar-refractivity contribution in [2.75, 3.05) is 0 Å². The number of nitrogens with zero attached hydrogens (tertiary/aromatic N) is 1. The number of aromatic nitrogens is 1. The summed E-state index contributed by atoms with van der Waals surface area (Å²) in [5.41, 5.74) is 1.19. The van der Waals surface area contributed by atoms with Crippen molar-refractivity contribution in [3.63, 3.8) is 0 Å². The maximum atomic E-state index is 6.17. The number of rotatable bonds is 4. The van der Waals surface area contributed by atoms with Crippen LogP contribution >= 0.6 is 22.9 Å². The molecule has 2 atom stereocenters. The zero-order valence-electron chi connectivity index (χ0n) is 8.38. The van der Waals surface area contributed by atoms with Gasteiger partial charge in [0.25, 0.3) is 0 Å². The van der Waals surface area contributed by atoms with Crippen molar-refractivity contribution in [3.8, 4) is 0 Å². The van der Waals surface area contributed by atoms with Gasteiger partial charge in [-0.05, 0) is 12.8 Å². The van der Waals surface area contributed by atoms with Crippen molar-refractivity contribution in [1.82, 2.24) is 4.98 Å². The summed E-state index contributed by atoms with van der Waals surface area (Å²) >= 11 is 7.90. The Balaban J connectivity index is 2.70. The van der Waals surface area contributed by atoms with Gasteiger partial charge < -0.3 is 0 Å². The van der Waals surface area contributed by atoms with Crippen LogP contribution in [-0.2, 0) is 6.42 Å². The van der Waals surface area contributed by atoms with Crippen LogP contribution in [0, 0.1) is 0 Å². The number of thiazole rings is 1. The second-order valence-corrected chi connectivity index (χ2v) is 4.69. The van der Waals surface area contributed by atoms with E-state index in [1.165, 1.54) is 10.7 Å². The Morgan fingerprint density at radius 3 is 2.69 bits per heavy atom. The minimum atomic E-state index is 0.218. The van der Waals surface area contributed by atoms with Crippen LogP contribution in [0.4, 0.5) is 0 Å². The molecule has 13 heavy (non-hydrogen) atoms. The Morgan fingerprint density at radius 2 is 2.23 bits per heavy atom. The molecule has 0 aliphatic rings. The molecule has 0 bridgehead atoms. The minimum absolute atomic E-state index is 0.218. The van der Waals surface area contributed by atoms with Gasteiger partial charge in [-0.3, -0.25) is 0 Å². The molecule has 0 aliphatic heterocycles. The fourth-order valence-electron chi connectivity index (χ4n) is 1.20. The number of hydrogen-bond acceptors (Lipinski definition) is 2. The van der Waals surface area contributed by atoms with Crippen LogP contribution in [0.3, 0.4) is 0 Å². The van der Waals surface area contributed by atoms with Gasteiger partial charge >= 0.3 is 0 Å². The highest BCUT2D eigenvalue weighted by atomic mass is 35.5. The Hall–Kier alpha value is -0.0800. The standard InChI is InChI=1S/C10H16ClNS/c1-4-8-6-13-10(12-8)7(3)9(11)5-2/h6-7,9H,4-5H2,1-3H3. The second kappa shape index (κ2) is 4.97. The molecule has 0 saturated carbocycles. The van der Waals surface area contributed by atoms with Gasteiger partial charge in [0.1, 0.15) is 0 Å². The average Bonchev–Trinajstić information content (AvgIpc) is 2.63. The van der Waals surface area contributed by atoms with Crippen LogP contribution < -0.4 is 0 Å². The lowest BCUT2D eigenvalue weighted by Gasteiger charge is -2.12. The summed E-state index contributed by atoms with van der Waals surface area (Å²) in [7, 11) is 0. The Kier molecular flexibility index (Phi) is 4.20. The summed E-state index contributed by atoms with van der Waals surface area (Å²) in [6.07, 6.45) is 2.02. The third-order valence-electron chi connectivity index (χ3n) is 2.25. The Labute approximate surface area is 89.1 Å². The van der Waals surface area contributed by atoms with E-state index in [-0.39, 0.29) is 5.38 Å². The van der Waals surface area contributed by atoms with Crippen molar-refractivity contribution in [2.45, 2.75) is 44.9 Å². The first-order valence-electron chi connectivity index (χ1n) is 4.77. The summed E-state index contributed by atoms with van der Waals surface area (Å²) in [4.78, 5) is 4.53. The normalized spacial score (nSPS) is 15.7. The number of alkyl halides is 1. The molecule has 0 spiro atoms. The molecule has 1 heterocycles. The van der Waals surface area contributed by atoms with Gasteiger partial charge in [-0.15, -0.1) is 22.9 Å². The second-order valence-electron chi connectivity index (χ2n) is 3.24. The molecule has 74 valence electrons. The van der Waals surface area contributed by atoms with Crippen molar-refractivity contribution in [2.24, 2.45) is 0 Å². The number of halogens is 1. The average molecular weight is 218 g/mol. The zero-order chi connectivity index (χ0) is 9.84. The molecule has 0 aliphatic carbocycles. The molecule has 0 amide bonds. The van der Waals surface area contributed by atoms with E-state index in [0.29, 0.717) is 5.92 Å². The summed E-state index contributed by atoms with van der Waals surface area (Å²) in [5, 5.41) is 3.53. The lowest BCUT2D eigenvalue weighted by molar-refractivity contribution is 0.668. The molecular weight excluding hydrogens is 202 g/mol. The van der Waals surface area contributed by atoms with E-state index in [4.69, 9.17) is 11.6 Å². The van der Waals surface area contributed by atoms with Crippen LogP contribution in [0.2, 0.25) is 0 Å². The van der Waals surface area contributed by atoms with Crippen molar-refractivity contribution >= 4 is 22.9 Å². The number of hydrogen-bond donors (Lipinski definition) is 0. The molecule has 2 unspecified atom stereocenters. The zero-order valence-corrected chi connectivity index (χ0v) is 9.95. The van der Waals surface area contributed by atoms with Gasteiger partial charge in [-0.2, -0.15) is 0 Å². The number of aryl methyl sites for hydroxylation is 1. The minimum Gasteiger partial charge on any atom is -0.246 e. The quantitative estimate of drug-likeness (QED) is 0.699. The molecular formula is C10H16ClNS. The molecule has 0 radical (unpaired) electrons. The molecule has 0 saturated heterocycles. The third-order valence-corrected chi connectivity index (χ3v) is 4.03. The molecule has 1 nitrogen and oxygen atoms in total. The lowest BCUT2D eigenvalue weighted by atomic mass is 10.1. The van der Waals surface area contributed by atoms with E-state index < -0.39 is 0 Å². The van der Waals surface area contributed by atoms with E-state index >= 15 is 0 Å². The van der Waals surface area contributed by atoms with Gasteiger partial charge in [0.2, 0.25) is 0 Å². The van der Waals surface area contributed by atoms with Crippen LogP contribution in [0.25, 0.3) is 0 Å². The van der Waals surface area contributed by atoms with Gasteiger partial charge in [0, 0.05) is 16.7 Å². The maximum absolute atomic E-state index is 6.17. The van der Waals surface area contributed by atoms with E-state index in [1.807, 2.05) is 0 Å². The van der Waals surface area contributed by atoms with Gasteiger partial charge in [0.15, 0.2) is 0 Å². The first kappa shape index (κ1) is 11.0. The van der Waals surface area contributed by atoms with E-state index in [0.717, 1.165) is 12.8 Å². The first-order valence-corrected chi connectivity index (χ1v) is 6.09. The highest BCUT2D eigenvalue weighted by molar-refractivity contribution is 7.09. The maximum Gasteiger partial charge on any atom is 0.0971 e. The van der Waals surface area contributed by atoms with Crippen LogP contribution in [0.5, 0.6) is 0 Å². The summed E-state index contributed by atoms with van der Waals surface area (Å²) < 4.78 is 0. The SMILES string of the molecule is CCc1csc(C(C)C(Cl)CC)n1. The van der Waals surface area contributed by atoms with E-state index in [9.17, 15) is 0 Å². The molecule has 0 fully saturated rings. The van der Waals surface area contributed by atoms with Crippen LogP contribution in [0.15, 0.2) is 5.38 Å². The van der Waals surface area contributed by atoms with Crippen molar-refractivity contribution < 1.29 is 0 Å². The van der Waals surface area contributed by atoms with Crippen LogP contribution in [0.1, 0.15) is 43.8 Å². The molecule has 0 aromatic carbocycles. The first-order chi connectivity index (χ1) is 6.19.